The summed E-state index contributed by atoms with van der Waals surface area (Å²) in [5.41, 5.74) is 0.713. The second kappa shape index (κ2) is 6.24. The van der Waals surface area contributed by atoms with Gasteiger partial charge in [0.15, 0.2) is 11.6 Å². The Balaban J connectivity index is 2.21. The lowest BCUT2D eigenvalue weighted by atomic mass is 10.2. The largest absolute Gasteiger partial charge is 0.494 e. The lowest BCUT2D eigenvalue weighted by Crippen LogP contribution is -2.12. The summed E-state index contributed by atoms with van der Waals surface area (Å²) in [6, 6.07) is 9.02. The number of carbonyl (C=O) groups excluding carboxylic acids is 1. The van der Waals surface area contributed by atoms with Gasteiger partial charge in [0, 0.05) is 26.8 Å². The van der Waals surface area contributed by atoms with E-state index < -0.39 is 5.82 Å². The molecule has 2 aromatic carbocycles. The molecule has 0 saturated carbocycles. The summed E-state index contributed by atoms with van der Waals surface area (Å²) in [5.74, 6) is -0.802. The number of benzene rings is 2. The zero-order valence-corrected chi connectivity index (χ0v) is 12.8. The molecule has 0 aromatic heterocycles. The average Bonchev–Trinajstić information content (AvgIpc) is 2.37. The van der Waals surface area contributed by atoms with E-state index in [0.29, 0.717) is 20.7 Å². The number of carbonyl (C=O) groups is 1. The van der Waals surface area contributed by atoms with Gasteiger partial charge in [-0.15, -0.1) is 0 Å². The monoisotopic (exact) mass is 357 g/mol. The first-order chi connectivity index (χ1) is 9.49. The Morgan fingerprint density at radius 2 is 2.05 bits per heavy atom. The summed E-state index contributed by atoms with van der Waals surface area (Å²) in [4.78, 5) is 12.0. The Bertz CT molecular complexity index is 643. The fourth-order valence-corrected chi connectivity index (χ4v) is 2.49. The molecule has 0 heterocycles. The van der Waals surface area contributed by atoms with Gasteiger partial charge in [-0.05, 0) is 30.3 Å². The number of hydrogen-bond donors (Lipinski definition) is 1. The van der Waals surface area contributed by atoms with Crippen molar-refractivity contribution in [3.05, 3.63) is 57.3 Å². The Morgan fingerprint density at radius 1 is 1.30 bits per heavy atom. The van der Waals surface area contributed by atoms with Gasteiger partial charge in [-0.25, -0.2) is 4.39 Å². The van der Waals surface area contributed by atoms with E-state index in [0.717, 1.165) is 0 Å². The van der Waals surface area contributed by atoms with Crippen LogP contribution < -0.4 is 10.1 Å². The maximum Gasteiger partial charge on any atom is 0.255 e. The zero-order valence-electron chi connectivity index (χ0n) is 10.4. The van der Waals surface area contributed by atoms with Gasteiger partial charge >= 0.3 is 0 Å². The van der Waals surface area contributed by atoms with Crippen LogP contribution in [0.3, 0.4) is 0 Å². The molecule has 0 aliphatic heterocycles. The molecule has 0 atom stereocenters. The van der Waals surface area contributed by atoms with Crippen LogP contribution in [0.4, 0.5) is 10.1 Å². The minimum absolute atomic E-state index is 0.119. The highest BCUT2D eigenvalue weighted by Crippen LogP contribution is 2.23. The van der Waals surface area contributed by atoms with E-state index in [9.17, 15) is 9.18 Å². The van der Waals surface area contributed by atoms with Crippen molar-refractivity contribution in [2.24, 2.45) is 0 Å². The van der Waals surface area contributed by atoms with Gasteiger partial charge in [0.05, 0.1) is 7.11 Å². The number of nitrogens with one attached hydrogen (secondary N) is 1. The van der Waals surface area contributed by atoms with Crippen molar-refractivity contribution in [2.45, 2.75) is 0 Å². The summed E-state index contributed by atoms with van der Waals surface area (Å²) < 4.78 is 19.0. The molecule has 0 fully saturated rings. The molecule has 20 heavy (non-hydrogen) atoms. The van der Waals surface area contributed by atoms with Crippen molar-refractivity contribution < 1.29 is 13.9 Å². The van der Waals surface area contributed by atoms with Gasteiger partial charge in [0.25, 0.3) is 5.91 Å². The van der Waals surface area contributed by atoms with Crippen LogP contribution >= 0.6 is 27.5 Å². The third kappa shape index (κ3) is 3.49. The van der Waals surface area contributed by atoms with Crippen LogP contribution in [0.25, 0.3) is 0 Å². The summed E-state index contributed by atoms with van der Waals surface area (Å²) in [6.45, 7) is 0. The van der Waals surface area contributed by atoms with E-state index in [1.807, 2.05) is 0 Å². The average molecular weight is 359 g/mol. The normalized spacial score (nSPS) is 10.2. The van der Waals surface area contributed by atoms with Crippen LogP contribution in [0.5, 0.6) is 5.75 Å². The number of methoxy groups -OCH3 is 1. The predicted molar refractivity (Wildman–Crippen MR) is 80.1 cm³/mol. The highest BCUT2D eigenvalue weighted by atomic mass is 79.9. The second-order valence-corrected chi connectivity index (χ2v) is 5.31. The molecule has 1 N–H and O–H groups in total. The van der Waals surface area contributed by atoms with Crippen LogP contribution in [-0.2, 0) is 0 Å². The molecular weight excluding hydrogens is 349 g/mol. The van der Waals surface area contributed by atoms with Gasteiger partial charge < -0.3 is 10.1 Å². The van der Waals surface area contributed by atoms with Gasteiger partial charge in [-0.3, -0.25) is 4.79 Å². The standard InChI is InChI=1S/C14H10BrClFNO2/c1-20-13-3-2-11(7-12(13)17)18-14(19)8-4-9(15)6-10(16)5-8/h2-7H,1H3,(H,18,19). The van der Waals surface area contributed by atoms with E-state index >= 15 is 0 Å². The summed E-state index contributed by atoms with van der Waals surface area (Å²) in [5, 5.41) is 3.03. The number of anilines is 1. The third-order valence-corrected chi connectivity index (χ3v) is 3.21. The van der Waals surface area contributed by atoms with E-state index in [1.165, 1.54) is 25.3 Å². The van der Waals surface area contributed by atoms with Crippen LogP contribution in [0.2, 0.25) is 5.02 Å². The van der Waals surface area contributed by atoms with Crippen molar-refractivity contribution in [3.8, 4) is 5.75 Å². The molecule has 2 rings (SSSR count). The minimum atomic E-state index is -0.544. The van der Waals surface area contributed by atoms with Crippen molar-refractivity contribution in [2.75, 3.05) is 12.4 Å². The van der Waals surface area contributed by atoms with Crippen molar-refractivity contribution in [1.29, 1.82) is 0 Å². The van der Waals surface area contributed by atoms with Crippen LogP contribution in [0.15, 0.2) is 40.9 Å². The van der Waals surface area contributed by atoms with E-state index in [2.05, 4.69) is 21.2 Å². The van der Waals surface area contributed by atoms with Crippen LogP contribution in [0.1, 0.15) is 10.4 Å². The fourth-order valence-electron chi connectivity index (χ4n) is 1.63. The maximum absolute atomic E-state index is 13.5. The lowest BCUT2D eigenvalue weighted by Gasteiger charge is -2.08. The molecule has 0 spiro atoms. The molecule has 0 radical (unpaired) electrons. The van der Waals surface area contributed by atoms with E-state index in [4.69, 9.17) is 16.3 Å². The van der Waals surface area contributed by atoms with Gasteiger partial charge in [0.2, 0.25) is 0 Å². The number of amides is 1. The molecule has 0 bridgehead atoms. The molecule has 6 heteroatoms. The molecule has 1 amide bonds. The minimum Gasteiger partial charge on any atom is -0.494 e. The highest BCUT2D eigenvalue weighted by Gasteiger charge is 2.10. The summed E-state index contributed by atoms with van der Waals surface area (Å²) in [6.07, 6.45) is 0. The Morgan fingerprint density at radius 3 is 2.65 bits per heavy atom. The molecule has 0 unspecified atom stereocenters. The van der Waals surface area contributed by atoms with Crippen molar-refractivity contribution in [1.82, 2.24) is 0 Å². The maximum atomic E-state index is 13.5. The predicted octanol–water partition coefficient (Wildman–Crippen LogP) is 4.50. The topological polar surface area (TPSA) is 38.3 Å². The van der Waals surface area contributed by atoms with Crippen molar-refractivity contribution >= 4 is 39.1 Å². The van der Waals surface area contributed by atoms with Crippen LogP contribution in [0, 0.1) is 5.82 Å². The Kier molecular flexibility index (Phi) is 4.62. The van der Waals surface area contributed by atoms with Crippen LogP contribution in [-0.4, -0.2) is 13.0 Å². The number of hydrogen-bond acceptors (Lipinski definition) is 2. The quantitative estimate of drug-likeness (QED) is 0.877. The Hall–Kier alpha value is -1.59. The molecule has 104 valence electrons. The molecule has 0 aliphatic rings. The first-order valence-corrected chi connectivity index (χ1v) is 6.77. The fraction of sp³-hybridized carbons (Fsp3) is 0.0714. The molecule has 3 nitrogen and oxygen atoms in total. The summed E-state index contributed by atoms with van der Waals surface area (Å²) >= 11 is 9.13. The van der Waals surface area contributed by atoms with Gasteiger partial charge in [-0.2, -0.15) is 0 Å². The lowest BCUT2D eigenvalue weighted by molar-refractivity contribution is 0.102. The van der Waals surface area contributed by atoms with Gasteiger partial charge in [-0.1, -0.05) is 27.5 Å². The number of ether oxygens (including phenoxy) is 1. The van der Waals surface area contributed by atoms with E-state index in [1.54, 1.807) is 18.2 Å². The number of halogens is 3. The SMILES string of the molecule is COc1ccc(NC(=O)c2cc(Cl)cc(Br)c2)cc1F. The smallest absolute Gasteiger partial charge is 0.255 e. The van der Waals surface area contributed by atoms with E-state index in [-0.39, 0.29) is 11.7 Å². The Labute approximate surface area is 128 Å². The number of rotatable bonds is 3. The first kappa shape index (κ1) is 14.8. The molecular formula is C14H10BrClFNO2. The molecule has 0 saturated heterocycles. The van der Waals surface area contributed by atoms with Crippen molar-refractivity contribution in [3.63, 3.8) is 0 Å². The third-order valence-electron chi connectivity index (χ3n) is 2.53. The van der Waals surface area contributed by atoms with Gasteiger partial charge in [0.1, 0.15) is 0 Å². The summed E-state index contributed by atoms with van der Waals surface area (Å²) in [7, 11) is 1.38. The molecule has 0 aliphatic carbocycles. The molecule has 2 aromatic rings. The first-order valence-electron chi connectivity index (χ1n) is 5.60. The highest BCUT2D eigenvalue weighted by molar-refractivity contribution is 9.10. The second-order valence-electron chi connectivity index (χ2n) is 3.96. The zero-order chi connectivity index (χ0) is 14.7.